The summed E-state index contributed by atoms with van der Waals surface area (Å²) in [5.74, 6) is 0. The van der Waals surface area contributed by atoms with E-state index in [1.54, 1.807) is 18.2 Å². The van der Waals surface area contributed by atoms with Gasteiger partial charge in [0.15, 0.2) is 10.7 Å². The lowest BCUT2D eigenvalue weighted by molar-refractivity contribution is 0.541. The normalized spacial score (nSPS) is 18.1. The number of nitrogens with zero attached hydrogens (tertiary/aromatic N) is 1. The molecule has 0 fully saturated rings. The summed E-state index contributed by atoms with van der Waals surface area (Å²) < 4.78 is 21.9. The maximum absolute atomic E-state index is 11.0. The smallest absolute Gasteiger partial charge is 0.168 e. The molecule has 4 heteroatoms. The van der Waals surface area contributed by atoms with Gasteiger partial charge in [-0.05, 0) is 42.5 Å². The first-order valence-corrected chi connectivity index (χ1v) is 6.41. The summed E-state index contributed by atoms with van der Waals surface area (Å²) in [5, 5.41) is 0. The van der Waals surface area contributed by atoms with Crippen molar-refractivity contribution < 1.29 is 8.42 Å². The number of hydrogen-bond acceptors (Lipinski definition) is 3. The van der Waals surface area contributed by atoms with Gasteiger partial charge in [-0.25, -0.2) is 8.42 Å². The highest BCUT2D eigenvalue weighted by atomic mass is 32.2. The molecule has 0 unspecified atom stereocenters. The van der Waals surface area contributed by atoms with Crippen LogP contribution in [0.25, 0.3) is 0 Å². The van der Waals surface area contributed by atoms with Crippen molar-refractivity contribution in [2.75, 3.05) is 0 Å². The molecular weight excluding hydrogens is 222 g/mol. The van der Waals surface area contributed by atoms with E-state index in [1.165, 1.54) is 0 Å². The number of aliphatic imine (C=N–C) groups is 1. The third kappa shape index (κ3) is 1.89. The fourth-order valence-electron chi connectivity index (χ4n) is 2.26. The van der Waals surface area contributed by atoms with Crippen LogP contribution >= 0.6 is 0 Å². The van der Waals surface area contributed by atoms with Gasteiger partial charge in [0.25, 0.3) is 0 Å². The van der Waals surface area contributed by atoms with Crippen LogP contribution in [0.2, 0.25) is 0 Å². The molecule has 1 aromatic rings. The zero-order valence-corrected chi connectivity index (χ0v) is 10.5. The fourth-order valence-corrected chi connectivity index (χ4v) is 2.69. The average molecular weight is 237 g/mol. The molecule has 1 aromatic carbocycles. The Bertz CT molecular complexity index is 534. The highest BCUT2D eigenvalue weighted by Gasteiger charge is 2.28. The van der Waals surface area contributed by atoms with Gasteiger partial charge in [0.2, 0.25) is 0 Å². The van der Waals surface area contributed by atoms with Crippen LogP contribution in [-0.2, 0) is 16.1 Å². The molecule has 0 saturated heterocycles. The molecule has 1 aliphatic heterocycles. The van der Waals surface area contributed by atoms with Crippen LogP contribution in [0.5, 0.6) is 0 Å². The van der Waals surface area contributed by atoms with Crippen LogP contribution in [0.4, 0.5) is 5.69 Å². The van der Waals surface area contributed by atoms with Crippen LogP contribution in [0, 0.1) is 0 Å². The van der Waals surface area contributed by atoms with E-state index in [1.807, 2.05) is 6.92 Å². The molecular formula is C12H15NO2S. The maximum atomic E-state index is 11.0. The molecule has 0 saturated carbocycles. The Morgan fingerprint density at radius 1 is 1.31 bits per heavy atom. The van der Waals surface area contributed by atoms with E-state index in [9.17, 15) is 8.42 Å². The summed E-state index contributed by atoms with van der Waals surface area (Å²) in [5.41, 5.74) is 2.98. The molecule has 1 heterocycles. The molecule has 0 atom stereocenters. The average Bonchev–Trinajstić information content (AvgIpc) is 2.15. The lowest BCUT2D eigenvalue weighted by atomic mass is 9.77. The molecule has 16 heavy (non-hydrogen) atoms. The molecule has 0 bridgehead atoms. The van der Waals surface area contributed by atoms with E-state index in [0.717, 1.165) is 23.4 Å². The molecule has 3 nitrogen and oxygen atoms in total. The van der Waals surface area contributed by atoms with Gasteiger partial charge in [-0.2, -0.15) is 0 Å². The molecule has 2 rings (SSSR count). The van der Waals surface area contributed by atoms with Gasteiger partial charge in [-0.1, -0.05) is 13.8 Å². The Morgan fingerprint density at radius 2 is 2.00 bits per heavy atom. The second-order valence-corrected chi connectivity index (χ2v) is 5.90. The molecule has 0 spiro atoms. The zero-order chi connectivity index (χ0) is 11.9. The second-order valence-electron chi connectivity index (χ2n) is 4.87. The summed E-state index contributed by atoms with van der Waals surface area (Å²) in [6, 6.07) is 5.15. The largest absolute Gasteiger partial charge is 0.258 e. The summed E-state index contributed by atoms with van der Waals surface area (Å²) >= 11 is 0. The zero-order valence-electron chi connectivity index (χ0n) is 9.65. The summed E-state index contributed by atoms with van der Waals surface area (Å²) in [7, 11) is -2.51. The predicted octanol–water partition coefficient (Wildman–Crippen LogP) is 2.43. The monoisotopic (exact) mass is 237 g/mol. The summed E-state index contributed by atoms with van der Waals surface area (Å²) in [4.78, 5) is 4.83. The quantitative estimate of drug-likeness (QED) is 0.762. The number of thiol groups is 1. The lowest BCUT2D eigenvalue weighted by Gasteiger charge is -2.30. The van der Waals surface area contributed by atoms with E-state index in [0.29, 0.717) is 4.90 Å². The molecule has 0 aromatic heterocycles. The van der Waals surface area contributed by atoms with Crippen molar-refractivity contribution in [3.63, 3.8) is 0 Å². The molecule has 0 amide bonds. The Balaban J connectivity index is 2.66. The summed E-state index contributed by atoms with van der Waals surface area (Å²) in [6.07, 6.45) is 0.874. The van der Waals surface area contributed by atoms with Crippen molar-refractivity contribution in [1.29, 1.82) is 0 Å². The first kappa shape index (κ1) is 11.3. The third-order valence-corrected chi connectivity index (χ3v) is 3.63. The van der Waals surface area contributed by atoms with Crippen molar-refractivity contribution in [3.8, 4) is 0 Å². The standard InChI is InChI=1S/C12H15NO2S/c1-8-7-12(2,3)10-6-9(16(14)15)4-5-11(10)13-8/h4-6,16H,7H2,1-3H3. The van der Waals surface area contributed by atoms with Gasteiger partial charge in [0, 0.05) is 5.71 Å². The minimum absolute atomic E-state index is 0.0392. The molecule has 0 aliphatic carbocycles. The van der Waals surface area contributed by atoms with E-state index >= 15 is 0 Å². The van der Waals surface area contributed by atoms with Crippen LogP contribution in [0.1, 0.15) is 32.8 Å². The van der Waals surface area contributed by atoms with Crippen LogP contribution in [-0.4, -0.2) is 14.1 Å². The Kier molecular flexibility index (Phi) is 2.62. The Labute approximate surface area is 97.2 Å². The van der Waals surface area contributed by atoms with Gasteiger partial charge >= 0.3 is 0 Å². The van der Waals surface area contributed by atoms with Crippen molar-refractivity contribution in [2.45, 2.75) is 37.5 Å². The van der Waals surface area contributed by atoms with Gasteiger partial charge in [-0.3, -0.25) is 4.99 Å². The summed E-state index contributed by atoms with van der Waals surface area (Å²) in [6.45, 7) is 6.24. The number of benzene rings is 1. The molecule has 0 radical (unpaired) electrons. The predicted molar refractivity (Wildman–Crippen MR) is 65.4 cm³/mol. The van der Waals surface area contributed by atoms with Gasteiger partial charge < -0.3 is 0 Å². The Morgan fingerprint density at radius 3 is 2.62 bits per heavy atom. The van der Waals surface area contributed by atoms with Crippen molar-refractivity contribution in [1.82, 2.24) is 0 Å². The third-order valence-electron chi connectivity index (χ3n) is 2.93. The maximum Gasteiger partial charge on any atom is 0.168 e. The number of rotatable bonds is 1. The first-order valence-electron chi connectivity index (χ1n) is 5.23. The van der Waals surface area contributed by atoms with Crippen molar-refractivity contribution in [2.24, 2.45) is 4.99 Å². The second kappa shape index (κ2) is 3.70. The van der Waals surface area contributed by atoms with E-state index in [2.05, 4.69) is 18.8 Å². The van der Waals surface area contributed by atoms with Gasteiger partial charge in [0.1, 0.15) is 0 Å². The Hall–Kier alpha value is -1.16. The molecule has 86 valence electrons. The van der Waals surface area contributed by atoms with Crippen molar-refractivity contribution in [3.05, 3.63) is 23.8 Å². The van der Waals surface area contributed by atoms with Crippen LogP contribution in [0.15, 0.2) is 28.1 Å². The van der Waals surface area contributed by atoms with Crippen LogP contribution < -0.4 is 0 Å². The minimum Gasteiger partial charge on any atom is -0.258 e. The highest BCUT2D eigenvalue weighted by molar-refractivity contribution is 7.72. The number of hydrogen-bond donors (Lipinski definition) is 1. The molecule has 1 aliphatic rings. The fraction of sp³-hybridized carbons (Fsp3) is 0.417. The lowest BCUT2D eigenvalue weighted by Crippen LogP contribution is -2.24. The topological polar surface area (TPSA) is 46.5 Å². The number of fused-ring (bicyclic) bond motifs is 1. The SMILES string of the molecule is CC1=Nc2ccc([SH](=O)=O)cc2C(C)(C)C1. The minimum atomic E-state index is -2.51. The van der Waals surface area contributed by atoms with E-state index in [4.69, 9.17) is 0 Å². The van der Waals surface area contributed by atoms with Crippen LogP contribution in [0.3, 0.4) is 0 Å². The van der Waals surface area contributed by atoms with Gasteiger partial charge in [-0.15, -0.1) is 0 Å². The highest BCUT2D eigenvalue weighted by Crippen LogP contribution is 2.39. The van der Waals surface area contributed by atoms with Gasteiger partial charge in [0.05, 0.1) is 10.6 Å². The molecule has 0 N–H and O–H groups in total. The first-order chi connectivity index (χ1) is 7.40. The van der Waals surface area contributed by atoms with Crippen molar-refractivity contribution >= 4 is 22.1 Å². The van der Waals surface area contributed by atoms with E-state index in [-0.39, 0.29) is 5.41 Å². The van der Waals surface area contributed by atoms with E-state index < -0.39 is 10.7 Å².